The molecule has 26 heavy (non-hydrogen) atoms. The zero-order valence-electron chi connectivity index (χ0n) is 15.3. The normalized spacial score (nSPS) is 9.38. The van der Waals surface area contributed by atoms with E-state index in [4.69, 9.17) is 24.8 Å². The van der Waals surface area contributed by atoms with Gasteiger partial charge in [-0.1, -0.05) is 12.1 Å². The Morgan fingerprint density at radius 3 is 2.27 bits per heavy atom. The predicted octanol–water partition coefficient (Wildman–Crippen LogP) is 2.63. The number of guanidine groups is 1. The van der Waals surface area contributed by atoms with Gasteiger partial charge in [0.05, 0.1) is 26.3 Å². The van der Waals surface area contributed by atoms with E-state index >= 15 is 0 Å². The minimum absolute atomic E-state index is 0.162. The first-order valence-corrected chi connectivity index (χ1v) is 7.79. The van der Waals surface area contributed by atoms with Crippen LogP contribution >= 0.6 is 0 Å². The molecular formula is C18H24N4O4. The predicted molar refractivity (Wildman–Crippen MR) is 100 cm³/mol. The first-order chi connectivity index (χ1) is 12.4. The maximum atomic E-state index is 9.00. The zero-order valence-corrected chi connectivity index (χ0v) is 15.3. The number of hydrogen-bond acceptors (Lipinski definition) is 5. The van der Waals surface area contributed by atoms with Gasteiger partial charge in [-0.3, -0.25) is 10.2 Å². The number of rotatable bonds is 5. The Kier molecular flexibility index (Phi) is 8.42. The van der Waals surface area contributed by atoms with Crippen LogP contribution in [0.25, 0.3) is 0 Å². The first kappa shape index (κ1) is 20.8. The van der Waals surface area contributed by atoms with Crippen molar-refractivity contribution in [2.75, 3.05) is 19.5 Å². The summed E-state index contributed by atoms with van der Waals surface area (Å²) >= 11 is 0. The minimum atomic E-state index is -0.833. The number of anilines is 1. The molecule has 2 rings (SSSR count). The highest BCUT2D eigenvalue weighted by atomic mass is 16.5. The zero-order chi connectivity index (χ0) is 19.5. The van der Waals surface area contributed by atoms with Crippen LogP contribution in [-0.2, 0) is 11.3 Å². The molecule has 0 aliphatic carbocycles. The molecule has 2 aromatic rings. The molecule has 0 atom stereocenters. The van der Waals surface area contributed by atoms with Crippen LogP contribution in [0.3, 0.4) is 0 Å². The van der Waals surface area contributed by atoms with Crippen LogP contribution in [-0.4, -0.2) is 36.2 Å². The van der Waals surface area contributed by atoms with Gasteiger partial charge >= 0.3 is 0 Å². The summed E-state index contributed by atoms with van der Waals surface area (Å²) in [5.41, 5.74) is 1.83. The number of nitrogens with zero attached hydrogens (tertiary/aromatic N) is 1. The van der Waals surface area contributed by atoms with Crippen LogP contribution in [0.2, 0.25) is 0 Å². The molecule has 0 unspecified atom stereocenters. The van der Waals surface area contributed by atoms with E-state index in [1.54, 1.807) is 20.4 Å². The van der Waals surface area contributed by atoms with Gasteiger partial charge in [-0.25, -0.2) is 4.98 Å². The summed E-state index contributed by atoms with van der Waals surface area (Å²) in [4.78, 5) is 13.2. The third-order valence-electron chi connectivity index (χ3n) is 3.22. The fourth-order valence-electron chi connectivity index (χ4n) is 2.06. The molecule has 0 amide bonds. The third kappa shape index (κ3) is 6.68. The van der Waals surface area contributed by atoms with Crippen LogP contribution in [0.4, 0.5) is 5.82 Å². The molecule has 0 bridgehead atoms. The standard InChI is InChI=1S/C16H20N4O2.C2H4O2/c1-11-6-5-9-18-15(11)20-16(17)19-10-12-13(21-2)7-4-8-14(12)22-3;1-2(3)4/h4-9H,10H2,1-3H3,(H3,17,18,19,20);1H3,(H,3,4). The molecule has 4 N–H and O–H groups in total. The first-order valence-electron chi connectivity index (χ1n) is 7.79. The van der Waals surface area contributed by atoms with E-state index in [0.29, 0.717) is 23.9 Å². The van der Waals surface area contributed by atoms with Crippen molar-refractivity contribution in [2.24, 2.45) is 0 Å². The van der Waals surface area contributed by atoms with E-state index in [-0.39, 0.29) is 5.96 Å². The minimum Gasteiger partial charge on any atom is -0.496 e. The lowest BCUT2D eigenvalue weighted by molar-refractivity contribution is -0.134. The molecule has 1 heterocycles. The Bertz CT molecular complexity index is 723. The van der Waals surface area contributed by atoms with Crippen molar-refractivity contribution in [1.29, 1.82) is 5.41 Å². The number of hydrogen-bond donors (Lipinski definition) is 4. The second kappa shape index (κ2) is 10.5. The van der Waals surface area contributed by atoms with Gasteiger partial charge in [-0.2, -0.15) is 0 Å². The van der Waals surface area contributed by atoms with Gasteiger partial charge < -0.3 is 25.2 Å². The van der Waals surface area contributed by atoms with E-state index in [1.165, 1.54) is 0 Å². The number of carbonyl (C=O) groups is 1. The Morgan fingerprint density at radius 1 is 1.19 bits per heavy atom. The summed E-state index contributed by atoms with van der Waals surface area (Å²) in [6, 6.07) is 9.38. The van der Waals surface area contributed by atoms with E-state index in [2.05, 4.69) is 15.6 Å². The number of pyridine rings is 1. The Balaban J connectivity index is 0.000000765. The summed E-state index contributed by atoms with van der Waals surface area (Å²) in [5.74, 6) is 1.42. The summed E-state index contributed by atoms with van der Waals surface area (Å²) in [7, 11) is 3.22. The molecular weight excluding hydrogens is 336 g/mol. The topological polar surface area (TPSA) is 117 Å². The second-order valence-corrected chi connectivity index (χ2v) is 5.18. The van der Waals surface area contributed by atoms with Crippen LogP contribution in [0, 0.1) is 12.3 Å². The fourth-order valence-corrected chi connectivity index (χ4v) is 2.06. The van der Waals surface area contributed by atoms with Gasteiger partial charge in [0, 0.05) is 13.1 Å². The molecule has 0 spiro atoms. The number of methoxy groups -OCH3 is 2. The number of carboxylic acid groups (broad SMARTS) is 1. The van der Waals surface area contributed by atoms with Gasteiger partial charge in [0.15, 0.2) is 5.96 Å². The lowest BCUT2D eigenvalue weighted by atomic mass is 10.1. The van der Waals surface area contributed by atoms with Crippen molar-refractivity contribution < 1.29 is 19.4 Å². The molecule has 140 valence electrons. The largest absolute Gasteiger partial charge is 0.496 e. The maximum Gasteiger partial charge on any atom is 0.300 e. The van der Waals surface area contributed by atoms with E-state index in [9.17, 15) is 0 Å². The average molecular weight is 360 g/mol. The number of nitrogens with one attached hydrogen (secondary N) is 3. The van der Waals surface area contributed by atoms with Gasteiger partial charge in [-0.05, 0) is 30.7 Å². The highest BCUT2D eigenvalue weighted by Gasteiger charge is 2.10. The van der Waals surface area contributed by atoms with Gasteiger partial charge in [0.2, 0.25) is 0 Å². The van der Waals surface area contributed by atoms with E-state index in [1.807, 2.05) is 37.3 Å². The monoisotopic (exact) mass is 360 g/mol. The quantitative estimate of drug-likeness (QED) is 0.478. The molecule has 1 aromatic carbocycles. The number of aliphatic carboxylic acids is 1. The Labute approximate surface area is 152 Å². The van der Waals surface area contributed by atoms with Crippen molar-refractivity contribution in [3.8, 4) is 11.5 Å². The fraction of sp³-hybridized carbons (Fsp3) is 0.278. The second-order valence-electron chi connectivity index (χ2n) is 5.18. The molecule has 0 fully saturated rings. The molecule has 8 heteroatoms. The van der Waals surface area contributed by atoms with Crippen molar-refractivity contribution >= 4 is 17.7 Å². The Morgan fingerprint density at radius 2 is 1.77 bits per heavy atom. The SMILES string of the molecule is CC(=O)O.COc1cccc(OC)c1CNC(=N)Nc1ncccc1C. The molecule has 0 aliphatic rings. The summed E-state index contributed by atoms with van der Waals surface area (Å²) in [6.45, 7) is 3.43. The molecule has 0 aliphatic heterocycles. The highest BCUT2D eigenvalue weighted by Crippen LogP contribution is 2.27. The Hall–Kier alpha value is -3.29. The maximum absolute atomic E-state index is 9.00. The van der Waals surface area contributed by atoms with Crippen LogP contribution in [0.1, 0.15) is 18.1 Å². The van der Waals surface area contributed by atoms with Crippen molar-refractivity contribution in [3.05, 3.63) is 47.7 Å². The average Bonchev–Trinajstić information content (AvgIpc) is 2.61. The molecule has 0 saturated heterocycles. The van der Waals surface area contributed by atoms with Crippen LogP contribution in [0.15, 0.2) is 36.5 Å². The van der Waals surface area contributed by atoms with Crippen molar-refractivity contribution in [1.82, 2.24) is 10.3 Å². The highest BCUT2D eigenvalue weighted by molar-refractivity contribution is 5.90. The molecule has 1 aromatic heterocycles. The molecule has 8 nitrogen and oxygen atoms in total. The summed E-state index contributed by atoms with van der Waals surface area (Å²) < 4.78 is 10.7. The van der Waals surface area contributed by atoms with Crippen molar-refractivity contribution in [3.63, 3.8) is 0 Å². The number of carboxylic acids is 1. The number of benzene rings is 1. The third-order valence-corrected chi connectivity index (χ3v) is 3.22. The summed E-state index contributed by atoms with van der Waals surface area (Å²) in [6.07, 6.45) is 1.69. The molecule has 0 saturated carbocycles. The van der Waals surface area contributed by atoms with Gasteiger partial charge in [0.25, 0.3) is 5.97 Å². The smallest absolute Gasteiger partial charge is 0.300 e. The number of ether oxygens (including phenoxy) is 2. The lowest BCUT2D eigenvalue weighted by Crippen LogP contribution is -2.30. The lowest BCUT2D eigenvalue weighted by Gasteiger charge is -2.15. The van der Waals surface area contributed by atoms with E-state index in [0.717, 1.165) is 18.1 Å². The van der Waals surface area contributed by atoms with Crippen LogP contribution in [0.5, 0.6) is 11.5 Å². The number of aryl methyl sites for hydroxylation is 1. The van der Waals surface area contributed by atoms with Gasteiger partial charge in [0.1, 0.15) is 17.3 Å². The van der Waals surface area contributed by atoms with Crippen LogP contribution < -0.4 is 20.1 Å². The van der Waals surface area contributed by atoms with Gasteiger partial charge in [-0.15, -0.1) is 0 Å². The number of aromatic nitrogens is 1. The van der Waals surface area contributed by atoms with Crippen molar-refractivity contribution in [2.45, 2.75) is 20.4 Å². The van der Waals surface area contributed by atoms with E-state index < -0.39 is 5.97 Å². The molecule has 0 radical (unpaired) electrons. The summed E-state index contributed by atoms with van der Waals surface area (Å²) in [5, 5.41) is 21.3.